The van der Waals surface area contributed by atoms with Gasteiger partial charge in [-0.05, 0) is 47.5 Å². The van der Waals surface area contributed by atoms with Crippen molar-refractivity contribution in [1.29, 1.82) is 5.26 Å². The number of aromatic nitrogens is 3. The molecular weight excluding hydrogens is 419 g/mol. The second kappa shape index (κ2) is 8.15. The summed E-state index contributed by atoms with van der Waals surface area (Å²) in [7, 11) is 0. The van der Waals surface area contributed by atoms with Crippen LogP contribution in [0.1, 0.15) is 28.9 Å². The second-order valence-corrected chi connectivity index (χ2v) is 7.13. The predicted octanol–water partition coefficient (Wildman–Crippen LogP) is 5.17. The summed E-state index contributed by atoms with van der Waals surface area (Å²) in [6.07, 6.45) is -2.83. The van der Waals surface area contributed by atoms with Crippen molar-refractivity contribution in [3.05, 3.63) is 72.1 Å². The Kier molecular flexibility index (Phi) is 5.36. The maximum Gasteiger partial charge on any atom is 0.433 e. The zero-order valence-electron chi connectivity index (χ0n) is 16.6. The van der Waals surface area contributed by atoms with Crippen molar-refractivity contribution < 1.29 is 18.0 Å². The van der Waals surface area contributed by atoms with E-state index in [1.165, 1.54) is 23.0 Å². The first-order valence-electron chi connectivity index (χ1n) is 9.60. The van der Waals surface area contributed by atoms with Gasteiger partial charge in [0.05, 0.1) is 17.8 Å². The van der Waals surface area contributed by atoms with Crippen LogP contribution >= 0.6 is 0 Å². The van der Waals surface area contributed by atoms with E-state index in [4.69, 9.17) is 11.0 Å². The maximum atomic E-state index is 13.1. The minimum atomic E-state index is -4.57. The molecule has 4 aromatic rings. The molecule has 0 aliphatic carbocycles. The number of Topliss-reactive ketones (excluding diaryl/α,β-unsaturated/α-hetero) is 1. The number of nitriles is 1. The normalized spacial score (nSPS) is 11.4. The van der Waals surface area contributed by atoms with Crippen LogP contribution in [0.25, 0.3) is 27.8 Å². The third-order valence-corrected chi connectivity index (χ3v) is 4.89. The van der Waals surface area contributed by atoms with Crippen molar-refractivity contribution in [2.24, 2.45) is 0 Å². The summed E-state index contributed by atoms with van der Waals surface area (Å²) < 4.78 is 40.6. The number of anilines is 1. The number of nitrogen functional groups attached to an aromatic ring is 1. The van der Waals surface area contributed by atoms with Crippen LogP contribution in [0, 0.1) is 11.3 Å². The molecule has 6 nitrogen and oxygen atoms in total. The van der Waals surface area contributed by atoms with Crippen LogP contribution < -0.4 is 5.73 Å². The quantitative estimate of drug-likeness (QED) is 0.344. The molecule has 2 aromatic heterocycles. The molecule has 0 bridgehead atoms. The predicted molar refractivity (Wildman–Crippen MR) is 113 cm³/mol. The molecule has 2 heterocycles. The summed E-state index contributed by atoms with van der Waals surface area (Å²) in [6, 6.07) is 15.8. The van der Waals surface area contributed by atoms with E-state index in [1.54, 1.807) is 30.3 Å². The summed E-state index contributed by atoms with van der Waals surface area (Å²) in [6.45, 7) is 0. The van der Waals surface area contributed by atoms with Crippen molar-refractivity contribution in [3.63, 3.8) is 0 Å². The highest BCUT2D eigenvalue weighted by Gasteiger charge is 2.32. The van der Waals surface area contributed by atoms with E-state index in [-0.39, 0.29) is 24.4 Å². The van der Waals surface area contributed by atoms with Crippen molar-refractivity contribution in [2.75, 3.05) is 5.73 Å². The van der Waals surface area contributed by atoms with E-state index in [1.807, 2.05) is 12.1 Å². The van der Waals surface area contributed by atoms with Gasteiger partial charge in [0, 0.05) is 29.5 Å². The Morgan fingerprint density at radius 1 is 1.09 bits per heavy atom. The average molecular weight is 435 g/mol. The van der Waals surface area contributed by atoms with Crippen molar-refractivity contribution >= 4 is 22.4 Å². The van der Waals surface area contributed by atoms with E-state index >= 15 is 0 Å². The van der Waals surface area contributed by atoms with Gasteiger partial charge in [0.15, 0.2) is 11.6 Å². The number of hydrogen-bond acceptors (Lipinski definition) is 5. The molecular formula is C23H16F3N5O. The minimum absolute atomic E-state index is 0.0342. The molecule has 160 valence electrons. The molecule has 0 radical (unpaired) electrons. The number of carbonyl (C=O) groups is 1. The Bertz CT molecular complexity index is 1370. The average Bonchev–Trinajstić information content (AvgIpc) is 3.20. The highest BCUT2D eigenvalue weighted by Crippen LogP contribution is 2.30. The highest BCUT2D eigenvalue weighted by atomic mass is 19.4. The molecule has 0 unspecified atom stereocenters. The number of nitrogens with zero attached hydrogens (tertiary/aromatic N) is 4. The van der Waals surface area contributed by atoms with Crippen LogP contribution in [0.15, 0.2) is 60.8 Å². The van der Waals surface area contributed by atoms with Crippen LogP contribution in [-0.2, 0) is 6.18 Å². The van der Waals surface area contributed by atoms with Crippen LogP contribution in [0.2, 0.25) is 0 Å². The third-order valence-electron chi connectivity index (χ3n) is 4.89. The molecule has 32 heavy (non-hydrogen) atoms. The molecule has 9 heteroatoms. The largest absolute Gasteiger partial charge is 0.433 e. The molecule has 0 fully saturated rings. The van der Waals surface area contributed by atoms with Gasteiger partial charge in [-0.2, -0.15) is 23.5 Å². The monoisotopic (exact) mass is 435 g/mol. The number of fused-ring (bicyclic) bond motifs is 1. The summed E-state index contributed by atoms with van der Waals surface area (Å²) >= 11 is 0. The van der Waals surface area contributed by atoms with Gasteiger partial charge >= 0.3 is 6.18 Å². The Morgan fingerprint density at radius 2 is 1.91 bits per heavy atom. The maximum absolute atomic E-state index is 13.1. The summed E-state index contributed by atoms with van der Waals surface area (Å²) in [4.78, 5) is 16.0. The fourth-order valence-electron chi connectivity index (χ4n) is 3.37. The number of carbonyl (C=O) groups excluding carboxylic acids is 1. The number of alkyl halides is 3. The molecule has 0 aliphatic heterocycles. The number of halogens is 3. The molecule has 0 saturated carbocycles. The highest BCUT2D eigenvalue weighted by molar-refractivity contribution is 5.98. The summed E-state index contributed by atoms with van der Waals surface area (Å²) in [5.74, 6) is -0.161. The van der Waals surface area contributed by atoms with Gasteiger partial charge in [-0.15, -0.1) is 0 Å². The number of pyridine rings is 1. The van der Waals surface area contributed by atoms with Crippen molar-refractivity contribution in [1.82, 2.24) is 14.8 Å². The first-order chi connectivity index (χ1) is 15.3. The topological polar surface area (TPSA) is 97.6 Å². The number of rotatable bonds is 5. The third kappa shape index (κ3) is 4.16. The van der Waals surface area contributed by atoms with Gasteiger partial charge < -0.3 is 5.73 Å². The fourth-order valence-corrected chi connectivity index (χ4v) is 3.37. The number of benzene rings is 2. The van der Waals surface area contributed by atoms with E-state index in [9.17, 15) is 18.0 Å². The van der Waals surface area contributed by atoms with Gasteiger partial charge in [0.1, 0.15) is 5.69 Å². The lowest BCUT2D eigenvalue weighted by atomic mass is 9.98. The molecule has 2 aromatic carbocycles. The van der Waals surface area contributed by atoms with Crippen LogP contribution in [0.5, 0.6) is 0 Å². The van der Waals surface area contributed by atoms with Crippen LogP contribution in [0.3, 0.4) is 0 Å². The van der Waals surface area contributed by atoms with Gasteiger partial charge in [-0.1, -0.05) is 18.2 Å². The lowest BCUT2D eigenvalue weighted by molar-refractivity contribution is -0.141. The Hall–Kier alpha value is -4.19. The van der Waals surface area contributed by atoms with Crippen LogP contribution in [-0.4, -0.2) is 20.5 Å². The summed E-state index contributed by atoms with van der Waals surface area (Å²) in [5, 5.41) is 13.6. The molecule has 0 spiro atoms. The molecule has 0 atom stereocenters. The Balaban J connectivity index is 1.78. The van der Waals surface area contributed by atoms with E-state index in [0.29, 0.717) is 33.3 Å². The standard InChI is InChI=1S/C23H16F3N5O/c24-23(25,26)21-4-1-5-22(30-21)31-19-12-14(6-7-15(19)13-29-31)16-9-17(11-18(28)10-16)20(32)3-2-8-27/h1,4-7,9-13H,2-3,28H2. The lowest BCUT2D eigenvalue weighted by Crippen LogP contribution is -2.10. The number of hydrogen-bond donors (Lipinski definition) is 1. The molecule has 4 rings (SSSR count). The summed E-state index contributed by atoms with van der Waals surface area (Å²) in [5.41, 5.74) is 7.67. The second-order valence-electron chi connectivity index (χ2n) is 7.13. The van der Waals surface area contributed by atoms with Gasteiger partial charge in [0.25, 0.3) is 0 Å². The minimum Gasteiger partial charge on any atom is -0.399 e. The fraction of sp³-hybridized carbons (Fsp3) is 0.130. The van der Waals surface area contributed by atoms with Crippen molar-refractivity contribution in [2.45, 2.75) is 19.0 Å². The molecule has 0 amide bonds. The lowest BCUT2D eigenvalue weighted by Gasteiger charge is -2.10. The first kappa shape index (κ1) is 21.1. The van der Waals surface area contributed by atoms with Gasteiger partial charge in [-0.3, -0.25) is 4.79 Å². The Labute approximate surface area is 180 Å². The van der Waals surface area contributed by atoms with E-state index in [2.05, 4.69) is 10.1 Å². The van der Waals surface area contributed by atoms with Gasteiger partial charge in [-0.25, -0.2) is 9.67 Å². The first-order valence-corrected chi connectivity index (χ1v) is 9.60. The molecule has 0 aliphatic rings. The molecule has 2 N–H and O–H groups in total. The SMILES string of the molecule is N#CCCC(=O)c1cc(N)cc(-c2ccc3cnn(-c4cccc(C(F)(F)F)n4)c3c2)c1. The zero-order chi connectivity index (χ0) is 22.9. The van der Waals surface area contributed by atoms with E-state index in [0.717, 1.165) is 6.07 Å². The number of ketones is 1. The van der Waals surface area contributed by atoms with Gasteiger partial charge in [0.2, 0.25) is 0 Å². The Morgan fingerprint density at radius 3 is 2.66 bits per heavy atom. The number of nitrogens with two attached hydrogens (primary N) is 1. The van der Waals surface area contributed by atoms with E-state index < -0.39 is 11.9 Å². The van der Waals surface area contributed by atoms with Crippen LogP contribution in [0.4, 0.5) is 18.9 Å². The van der Waals surface area contributed by atoms with Crippen molar-refractivity contribution in [3.8, 4) is 23.0 Å². The molecule has 0 saturated heterocycles. The smallest absolute Gasteiger partial charge is 0.399 e. The zero-order valence-corrected chi connectivity index (χ0v) is 16.6.